The molecule has 1 atom stereocenters. The summed E-state index contributed by atoms with van der Waals surface area (Å²) in [5.41, 5.74) is 2.65. The number of aliphatic carboxylic acids is 1. The van der Waals surface area contributed by atoms with Gasteiger partial charge in [0.2, 0.25) is 0 Å². The van der Waals surface area contributed by atoms with Crippen molar-refractivity contribution in [2.45, 2.75) is 24.0 Å². The van der Waals surface area contributed by atoms with E-state index >= 15 is 0 Å². The molecule has 98 valence electrons. The van der Waals surface area contributed by atoms with Gasteiger partial charge in [0.1, 0.15) is 4.75 Å². The van der Waals surface area contributed by atoms with Gasteiger partial charge in [0.25, 0.3) is 0 Å². The van der Waals surface area contributed by atoms with E-state index in [9.17, 15) is 10.1 Å². The van der Waals surface area contributed by atoms with E-state index in [4.69, 9.17) is 5.11 Å². The number of benzene rings is 1. The molecule has 1 N–H and O–H groups in total. The maximum Gasteiger partial charge on any atom is 0.303 e. The lowest BCUT2D eigenvalue weighted by molar-refractivity contribution is -0.137. The number of fused-ring (bicyclic) bond motifs is 1. The van der Waals surface area contributed by atoms with Crippen LogP contribution in [0.25, 0.3) is 0 Å². The molecule has 0 saturated carbocycles. The van der Waals surface area contributed by atoms with E-state index in [2.05, 4.69) is 23.7 Å². The summed E-state index contributed by atoms with van der Waals surface area (Å²) >= 11 is 4.41. The van der Waals surface area contributed by atoms with E-state index in [1.807, 2.05) is 24.3 Å². The molecule has 1 aromatic carbocycles. The predicted molar refractivity (Wildman–Crippen MR) is 75.7 cm³/mol. The van der Waals surface area contributed by atoms with Gasteiger partial charge in [-0.15, -0.1) is 0 Å². The fraction of sp³-hybridized carbons (Fsp3) is 0.357. The molecule has 0 radical (unpaired) electrons. The maximum absolute atomic E-state index is 10.7. The lowest BCUT2D eigenvalue weighted by atomic mass is 9.87. The predicted octanol–water partition coefficient (Wildman–Crippen LogP) is 2.09. The van der Waals surface area contributed by atoms with E-state index in [1.165, 1.54) is 0 Å². The first-order valence-electron chi connectivity index (χ1n) is 6.05. The van der Waals surface area contributed by atoms with E-state index < -0.39 is 10.7 Å². The number of thiol groups is 1. The van der Waals surface area contributed by atoms with Gasteiger partial charge in [0.05, 0.1) is 11.8 Å². The van der Waals surface area contributed by atoms with Gasteiger partial charge in [-0.2, -0.15) is 17.9 Å². The van der Waals surface area contributed by atoms with Gasteiger partial charge in [-0.25, -0.2) is 0 Å². The largest absolute Gasteiger partial charge is 0.481 e. The molecule has 1 unspecified atom stereocenters. The van der Waals surface area contributed by atoms with Crippen LogP contribution < -0.4 is 0 Å². The van der Waals surface area contributed by atoms with Crippen LogP contribution in [0.3, 0.4) is 0 Å². The summed E-state index contributed by atoms with van der Waals surface area (Å²) in [5.74, 6) is -0.932. The molecule has 1 aliphatic rings. The lowest BCUT2D eigenvalue weighted by Crippen LogP contribution is -2.35. The molecular formula is C14H14N2O2S. The van der Waals surface area contributed by atoms with Crippen molar-refractivity contribution >= 4 is 24.3 Å². The van der Waals surface area contributed by atoms with Crippen molar-refractivity contribution in [3.8, 4) is 6.07 Å². The summed E-state index contributed by atoms with van der Waals surface area (Å²) in [6, 6.07) is 9.88. The second-order valence-electron chi connectivity index (χ2n) is 4.50. The van der Waals surface area contributed by atoms with Crippen molar-refractivity contribution in [3.63, 3.8) is 0 Å². The molecule has 0 amide bonds. The number of nitrogens with zero attached hydrogens (tertiary/aromatic N) is 2. The van der Waals surface area contributed by atoms with Gasteiger partial charge >= 0.3 is 5.97 Å². The number of hydrogen-bond donors (Lipinski definition) is 2. The van der Waals surface area contributed by atoms with Crippen molar-refractivity contribution in [3.05, 3.63) is 35.4 Å². The number of hydrogen-bond acceptors (Lipinski definition) is 4. The van der Waals surface area contributed by atoms with Crippen LogP contribution in [0.1, 0.15) is 24.0 Å². The van der Waals surface area contributed by atoms with Crippen LogP contribution in [0.15, 0.2) is 29.3 Å². The van der Waals surface area contributed by atoms with Gasteiger partial charge in [0, 0.05) is 18.5 Å². The Morgan fingerprint density at radius 2 is 2.26 bits per heavy atom. The minimum absolute atomic E-state index is 0.0990. The molecule has 0 bridgehead atoms. The fourth-order valence-electron chi connectivity index (χ4n) is 2.21. The smallest absolute Gasteiger partial charge is 0.303 e. The van der Waals surface area contributed by atoms with Crippen molar-refractivity contribution in [1.82, 2.24) is 0 Å². The number of carboxylic acid groups (broad SMARTS) is 1. The average Bonchev–Trinajstić information content (AvgIpc) is 2.44. The number of carbonyl (C=O) groups is 1. The SMILES string of the molecule is N#CC(S)(CCC(=O)O)C1=NCCc2ccccc21. The number of carboxylic acids is 1. The molecule has 1 heterocycles. The quantitative estimate of drug-likeness (QED) is 0.826. The summed E-state index contributed by atoms with van der Waals surface area (Å²) in [4.78, 5) is 15.1. The summed E-state index contributed by atoms with van der Waals surface area (Å²) in [7, 11) is 0. The summed E-state index contributed by atoms with van der Waals surface area (Å²) in [6.07, 6.45) is 0.890. The van der Waals surface area contributed by atoms with Crippen LogP contribution in [-0.4, -0.2) is 28.1 Å². The Bertz CT molecular complexity index is 577. The first-order chi connectivity index (χ1) is 9.07. The first-order valence-corrected chi connectivity index (χ1v) is 6.50. The summed E-state index contributed by atoms with van der Waals surface area (Å²) in [5, 5.41) is 18.2. The monoisotopic (exact) mass is 274 g/mol. The molecule has 0 aromatic heterocycles. The second kappa shape index (κ2) is 5.45. The number of rotatable bonds is 4. The highest BCUT2D eigenvalue weighted by molar-refractivity contribution is 7.83. The summed E-state index contributed by atoms with van der Waals surface area (Å²) in [6.45, 7) is 0.614. The topological polar surface area (TPSA) is 73.5 Å². The first kappa shape index (κ1) is 13.6. The highest BCUT2D eigenvalue weighted by atomic mass is 32.1. The zero-order valence-electron chi connectivity index (χ0n) is 10.3. The van der Waals surface area contributed by atoms with E-state index in [0.29, 0.717) is 12.3 Å². The molecule has 0 fully saturated rings. The van der Waals surface area contributed by atoms with E-state index in [-0.39, 0.29) is 12.8 Å². The minimum Gasteiger partial charge on any atom is -0.481 e. The fourth-order valence-corrected chi connectivity index (χ4v) is 2.51. The Labute approximate surface area is 117 Å². The van der Waals surface area contributed by atoms with Crippen LogP contribution in [0.2, 0.25) is 0 Å². The Kier molecular flexibility index (Phi) is 3.91. The molecular weight excluding hydrogens is 260 g/mol. The zero-order chi connectivity index (χ0) is 13.9. The number of nitriles is 1. The summed E-state index contributed by atoms with van der Waals surface area (Å²) < 4.78 is -1.14. The molecule has 1 aliphatic heterocycles. The molecule has 0 aliphatic carbocycles. The van der Waals surface area contributed by atoms with Gasteiger partial charge in [-0.3, -0.25) is 9.79 Å². The molecule has 4 nitrogen and oxygen atoms in total. The highest BCUT2D eigenvalue weighted by Gasteiger charge is 2.35. The molecule has 2 rings (SSSR count). The Morgan fingerprint density at radius 1 is 1.53 bits per heavy atom. The van der Waals surface area contributed by atoms with Gasteiger partial charge in [-0.05, 0) is 18.4 Å². The van der Waals surface area contributed by atoms with Gasteiger partial charge in [0.15, 0.2) is 0 Å². The van der Waals surface area contributed by atoms with Gasteiger partial charge in [-0.1, -0.05) is 24.3 Å². The van der Waals surface area contributed by atoms with Crippen molar-refractivity contribution < 1.29 is 9.90 Å². The normalized spacial score (nSPS) is 16.7. The standard InChI is InChI=1S/C14H14N2O2S/c15-9-14(19,7-5-12(17)18)13-11-4-2-1-3-10(11)6-8-16-13/h1-4,19H,5-8H2,(H,17,18). The van der Waals surface area contributed by atoms with E-state index in [0.717, 1.165) is 17.5 Å². The molecule has 0 spiro atoms. The van der Waals surface area contributed by atoms with Crippen molar-refractivity contribution in [2.24, 2.45) is 4.99 Å². The molecule has 1 aromatic rings. The number of aliphatic imine (C=N–C) groups is 1. The van der Waals surface area contributed by atoms with Crippen LogP contribution in [-0.2, 0) is 11.2 Å². The lowest BCUT2D eigenvalue weighted by Gasteiger charge is -2.27. The van der Waals surface area contributed by atoms with Crippen LogP contribution in [0.5, 0.6) is 0 Å². The molecule has 0 saturated heterocycles. The van der Waals surface area contributed by atoms with Crippen LogP contribution in [0.4, 0.5) is 0 Å². The third kappa shape index (κ3) is 2.79. The third-order valence-electron chi connectivity index (χ3n) is 3.20. The maximum atomic E-state index is 10.7. The second-order valence-corrected chi connectivity index (χ2v) is 5.27. The van der Waals surface area contributed by atoms with E-state index in [1.54, 1.807) is 0 Å². The third-order valence-corrected chi connectivity index (χ3v) is 3.74. The Hall–Kier alpha value is -1.80. The average molecular weight is 274 g/mol. The molecule has 19 heavy (non-hydrogen) atoms. The Balaban J connectivity index is 2.36. The zero-order valence-corrected chi connectivity index (χ0v) is 11.2. The van der Waals surface area contributed by atoms with Crippen LogP contribution in [0, 0.1) is 11.3 Å². The van der Waals surface area contributed by atoms with Gasteiger partial charge < -0.3 is 5.11 Å². The minimum atomic E-state index is -1.14. The van der Waals surface area contributed by atoms with Crippen molar-refractivity contribution in [2.75, 3.05) is 6.54 Å². The Morgan fingerprint density at radius 3 is 2.95 bits per heavy atom. The van der Waals surface area contributed by atoms with Crippen molar-refractivity contribution in [1.29, 1.82) is 5.26 Å². The molecule has 5 heteroatoms. The highest BCUT2D eigenvalue weighted by Crippen LogP contribution is 2.30. The van der Waals surface area contributed by atoms with Crippen LogP contribution >= 0.6 is 12.6 Å².